The van der Waals surface area contributed by atoms with Crippen LogP contribution in [0.5, 0.6) is 0 Å². The number of rotatable bonds is 5. The number of hydrogen-bond donors (Lipinski definition) is 2. The lowest BCUT2D eigenvalue weighted by atomic mass is 9.64. The van der Waals surface area contributed by atoms with Gasteiger partial charge < -0.3 is 10.6 Å². The fraction of sp³-hybridized carbons (Fsp3) is 0.588. The maximum Gasteiger partial charge on any atom is 0.221 e. The summed E-state index contributed by atoms with van der Waals surface area (Å²) in [5, 5.41) is 6.61. The Balaban J connectivity index is 0.00000192. The highest BCUT2D eigenvalue weighted by molar-refractivity contribution is 9.10. The van der Waals surface area contributed by atoms with Crippen molar-refractivity contribution < 1.29 is 4.79 Å². The second-order valence-corrected chi connectivity index (χ2v) is 8.41. The molecule has 1 amide bonds. The molecule has 0 spiro atoms. The smallest absolute Gasteiger partial charge is 0.221 e. The summed E-state index contributed by atoms with van der Waals surface area (Å²) < 4.78 is 1.11. The van der Waals surface area contributed by atoms with Gasteiger partial charge in [-0.2, -0.15) is 11.8 Å². The molecule has 1 unspecified atom stereocenters. The van der Waals surface area contributed by atoms with Crippen molar-refractivity contribution in [1.82, 2.24) is 10.6 Å². The first-order valence-electron chi connectivity index (χ1n) is 8.02. The van der Waals surface area contributed by atoms with E-state index in [2.05, 4.69) is 50.8 Å². The Morgan fingerprint density at radius 2 is 2.09 bits per heavy atom. The molecule has 0 bridgehead atoms. The Morgan fingerprint density at radius 3 is 2.65 bits per heavy atom. The summed E-state index contributed by atoms with van der Waals surface area (Å²) in [6.07, 6.45) is 4.20. The maximum atomic E-state index is 12.2. The van der Waals surface area contributed by atoms with Gasteiger partial charge in [0, 0.05) is 46.9 Å². The van der Waals surface area contributed by atoms with Crippen LogP contribution in [0.3, 0.4) is 0 Å². The van der Waals surface area contributed by atoms with Crippen LogP contribution in [0.2, 0.25) is 0 Å². The van der Waals surface area contributed by atoms with Crippen LogP contribution >= 0.6 is 40.1 Å². The Bertz CT molecular complexity index is 516. The van der Waals surface area contributed by atoms with Crippen LogP contribution in [-0.2, 0) is 10.2 Å². The van der Waals surface area contributed by atoms with E-state index < -0.39 is 0 Å². The van der Waals surface area contributed by atoms with Gasteiger partial charge in [0.05, 0.1) is 0 Å². The van der Waals surface area contributed by atoms with E-state index in [0.717, 1.165) is 29.1 Å². The number of halogens is 2. The standard InChI is InChI=1S/C17H23BrN2OS.ClH/c18-14-4-2-13(3-5-14)17(6-1-7-17)12-20-16(21)10-15-11-22-9-8-19-15;/h2-5,15,19H,1,6-12H2,(H,20,21);1H. The van der Waals surface area contributed by atoms with Crippen molar-refractivity contribution in [1.29, 1.82) is 0 Å². The molecule has 3 nitrogen and oxygen atoms in total. The minimum absolute atomic E-state index is 0. The third-order valence-electron chi connectivity index (χ3n) is 4.82. The Morgan fingerprint density at radius 1 is 1.35 bits per heavy atom. The fourth-order valence-corrected chi connectivity index (χ4v) is 4.50. The van der Waals surface area contributed by atoms with Gasteiger partial charge in [-0.1, -0.05) is 34.5 Å². The lowest BCUT2D eigenvalue weighted by Crippen LogP contribution is -2.47. The van der Waals surface area contributed by atoms with Gasteiger partial charge in [-0.05, 0) is 30.5 Å². The molecule has 2 N–H and O–H groups in total. The molecule has 1 saturated heterocycles. The van der Waals surface area contributed by atoms with Gasteiger partial charge in [0.2, 0.25) is 5.91 Å². The number of carbonyl (C=O) groups is 1. The van der Waals surface area contributed by atoms with E-state index in [1.54, 1.807) is 0 Å². The first kappa shape index (κ1) is 19.1. The Hall–Kier alpha value is -0.230. The van der Waals surface area contributed by atoms with Crippen molar-refractivity contribution in [3.63, 3.8) is 0 Å². The summed E-state index contributed by atoms with van der Waals surface area (Å²) in [6, 6.07) is 8.91. The van der Waals surface area contributed by atoms with Crippen molar-refractivity contribution in [3.8, 4) is 0 Å². The minimum Gasteiger partial charge on any atom is -0.355 e. The van der Waals surface area contributed by atoms with Gasteiger partial charge in [0.15, 0.2) is 0 Å². The lowest BCUT2D eigenvalue weighted by Gasteiger charge is -2.42. The Kier molecular flexibility index (Phi) is 7.26. The molecule has 1 aliphatic carbocycles. The van der Waals surface area contributed by atoms with E-state index in [4.69, 9.17) is 0 Å². The second kappa shape index (κ2) is 8.75. The summed E-state index contributed by atoms with van der Waals surface area (Å²) in [5.74, 6) is 2.39. The van der Waals surface area contributed by atoms with E-state index in [1.165, 1.54) is 24.8 Å². The molecular formula is C17H24BrClN2OS. The molecule has 1 aliphatic heterocycles. The van der Waals surface area contributed by atoms with Crippen LogP contribution in [0.4, 0.5) is 0 Å². The zero-order valence-electron chi connectivity index (χ0n) is 13.1. The molecule has 2 fully saturated rings. The van der Waals surface area contributed by atoms with E-state index in [-0.39, 0.29) is 23.7 Å². The van der Waals surface area contributed by atoms with Crippen molar-refractivity contribution in [3.05, 3.63) is 34.3 Å². The number of hydrogen-bond acceptors (Lipinski definition) is 3. The van der Waals surface area contributed by atoms with Crippen molar-refractivity contribution >= 4 is 46.0 Å². The Labute approximate surface area is 157 Å². The number of carbonyl (C=O) groups excluding carboxylic acids is 1. The highest BCUT2D eigenvalue weighted by Crippen LogP contribution is 2.43. The minimum atomic E-state index is 0. The van der Waals surface area contributed by atoms with Crippen LogP contribution in [0.1, 0.15) is 31.2 Å². The van der Waals surface area contributed by atoms with E-state index in [9.17, 15) is 4.79 Å². The number of nitrogens with one attached hydrogen (secondary N) is 2. The largest absolute Gasteiger partial charge is 0.355 e. The first-order valence-corrected chi connectivity index (χ1v) is 9.97. The van der Waals surface area contributed by atoms with Crippen LogP contribution in [0.25, 0.3) is 0 Å². The zero-order chi connectivity index (χ0) is 15.4. The molecule has 0 aromatic heterocycles. The molecule has 1 saturated carbocycles. The van der Waals surface area contributed by atoms with Crippen LogP contribution in [0.15, 0.2) is 28.7 Å². The normalized spacial score (nSPS) is 22.6. The van der Waals surface area contributed by atoms with Crippen molar-refractivity contribution in [2.45, 2.75) is 37.1 Å². The monoisotopic (exact) mass is 418 g/mol. The van der Waals surface area contributed by atoms with Crippen LogP contribution in [-0.4, -0.2) is 36.5 Å². The van der Waals surface area contributed by atoms with E-state index in [0.29, 0.717) is 12.5 Å². The summed E-state index contributed by atoms with van der Waals surface area (Å²) in [5.41, 5.74) is 1.51. The number of amides is 1. The third-order valence-corrected chi connectivity index (χ3v) is 6.48. The highest BCUT2D eigenvalue weighted by atomic mass is 79.9. The van der Waals surface area contributed by atoms with E-state index >= 15 is 0 Å². The molecule has 23 heavy (non-hydrogen) atoms. The van der Waals surface area contributed by atoms with Gasteiger partial charge in [-0.3, -0.25) is 4.79 Å². The molecule has 1 aromatic carbocycles. The molecule has 0 radical (unpaired) electrons. The number of benzene rings is 1. The van der Waals surface area contributed by atoms with Crippen molar-refractivity contribution in [2.24, 2.45) is 0 Å². The topological polar surface area (TPSA) is 41.1 Å². The molecule has 128 valence electrons. The van der Waals surface area contributed by atoms with Gasteiger partial charge in [0.25, 0.3) is 0 Å². The summed E-state index contributed by atoms with van der Waals surface area (Å²) in [7, 11) is 0. The predicted molar refractivity (Wildman–Crippen MR) is 104 cm³/mol. The fourth-order valence-electron chi connectivity index (χ4n) is 3.29. The van der Waals surface area contributed by atoms with Gasteiger partial charge in [0.1, 0.15) is 0 Å². The molecule has 3 rings (SSSR count). The summed E-state index contributed by atoms with van der Waals surface area (Å²) >= 11 is 5.43. The average molecular weight is 420 g/mol. The average Bonchev–Trinajstić information content (AvgIpc) is 2.49. The van der Waals surface area contributed by atoms with Gasteiger partial charge in [-0.25, -0.2) is 0 Å². The molecule has 1 aromatic rings. The molecular weight excluding hydrogens is 396 g/mol. The lowest BCUT2D eigenvalue weighted by molar-refractivity contribution is -0.121. The summed E-state index contributed by atoms with van der Waals surface area (Å²) in [6.45, 7) is 1.79. The van der Waals surface area contributed by atoms with Crippen molar-refractivity contribution in [2.75, 3.05) is 24.6 Å². The zero-order valence-corrected chi connectivity index (χ0v) is 16.4. The summed E-state index contributed by atoms with van der Waals surface area (Å²) in [4.78, 5) is 12.2. The van der Waals surface area contributed by atoms with E-state index in [1.807, 2.05) is 11.8 Å². The molecule has 2 aliphatic rings. The van der Waals surface area contributed by atoms with Crippen LogP contribution in [0, 0.1) is 0 Å². The van der Waals surface area contributed by atoms with Crippen LogP contribution < -0.4 is 10.6 Å². The second-order valence-electron chi connectivity index (χ2n) is 6.35. The first-order chi connectivity index (χ1) is 10.7. The SMILES string of the molecule is Cl.O=C(CC1CSCCN1)NCC1(c2ccc(Br)cc2)CCC1. The quantitative estimate of drug-likeness (QED) is 0.767. The maximum absolute atomic E-state index is 12.2. The predicted octanol–water partition coefficient (Wildman–Crippen LogP) is 3.50. The van der Waals surface area contributed by atoms with Gasteiger partial charge in [-0.15, -0.1) is 12.4 Å². The highest BCUT2D eigenvalue weighted by Gasteiger charge is 2.38. The van der Waals surface area contributed by atoms with Gasteiger partial charge >= 0.3 is 0 Å². The molecule has 1 heterocycles. The molecule has 1 atom stereocenters. The molecule has 6 heteroatoms. The third kappa shape index (κ3) is 4.88. The number of thioether (sulfide) groups is 1.